The maximum Gasteiger partial charge on any atom is 0.124 e. The van der Waals surface area contributed by atoms with Crippen molar-refractivity contribution in [3.8, 4) is 5.75 Å². The highest BCUT2D eigenvalue weighted by molar-refractivity contribution is 6.30. The molecule has 2 rings (SSSR count). The molecule has 110 valence electrons. The van der Waals surface area contributed by atoms with Gasteiger partial charge in [0.2, 0.25) is 0 Å². The Labute approximate surface area is 131 Å². The normalized spacial score (nSPS) is 12.5. The number of rotatable bonds is 6. The van der Waals surface area contributed by atoms with Crippen LogP contribution in [0, 0.1) is 0 Å². The van der Waals surface area contributed by atoms with E-state index in [4.69, 9.17) is 16.3 Å². The van der Waals surface area contributed by atoms with Crippen LogP contribution in [0.15, 0.2) is 54.6 Å². The van der Waals surface area contributed by atoms with Crippen LogP contribution in [-0.4, -0.2) is 13.7 Å². The van der Waals surface area contributed by atoms with Crippen LogP contribution in [-0.2, 0) is 0 Å². The summed E-state index contributed by atoms with van der Waals surface area (Å²) in [6, 6.07) is 16.1. The Morgan fingerprint density at radius 2 is 1.95 bits per heavy atom. The molecule has 21 heavy (non-hydrogen) atoms. The molecule has 0 fully saturated rings. The lowest BCUT2D eigenvalue weighted by molar-refractivity contribution is 0.355. The molecule has 0 aliphatic rings. The Morgan fingerprint density at radius 1 is 1.19 bits per heavy atom. The molecule has 0 heterocycles. The molecule has 0 aliphatic heterocycles. The lowest BCUT2D eigenvalue weighted by Crippen LogP contribution is -2.13. The van der Waals surface area contributed by atoms with Gasteiger partial charge in [-0.1, -0.05) is 48.0 Å². The number of nitrogens with one attached hydrogen (secondary N) is 1. The summed E-state index contributed by atoms with van der Waals surface area (Å²) in [4.78, 5) is 0. The Kier molecular flexibility index (Phi) is 5.85. The molecular weight excluding hydrogens is 282 g/mol. The fourth-order valence-corrected chi connectivity index (χ4v) is 2.21. The van der Waals surface area contributed by atoms with Crippen molar-refractivity contribution in [3.05, 3.63) is 70.8 Å². The first-order valence-corrected chi connectivity index (χ1v) is 7.39. The quantitative estimate of drug-likeness (QED) is 0.834. The zero-order valence-electron chi connectivity index (χ0n) is 12.3. The van der Waals surface area contributed by atoms with Gasteiger partial charge in [-0.3, -0.25) is 0 Å². The summed E-state index contributed by atoms with van der Waals surface area (Å²) in [6.07, 6.45) is 4.06. The molecule has 1 atom stereocenters. The zero-order chi connectivity index (χ0) is 15.1. The fraction of sp³-hybridized carbons (Fsp3) is 0.222. The Balaban J connectivity index is 2.01. The van der Waals surface area contributed by atoms with E-state index in [1.165, 1.54) is 5.56 Å². The minimum Gasteiger partial charge on any atom is -0.489 e. The maximum absolute atomic E-state index is 6.06. The molecule has 0 aromatic heterocycles. The number of ether oxygens (including phenoxy) is 1. The lowest BCUT2D eigenvalue weighted by atomic mass is 10.1. The van der Waals surface area contributed by atoms with Crippen LogP contribution in [0.4, 0.5) is 0 Å². The van der Waals surface area contributed by atoms with Crippen molar-refractivity contribution >= 4 is 17.7 Å². The van der Waals surface area contributed by atoms with Crippen LogP contribution < -0.4 is 10.1 Å². The van der Waals surface area contributed by atoms with Crippen molar-refractivity contribution in [1.29, 1.82) is 0 Å². The first-order chi connectivity index (χ1) is 10.2. The van der Waals surface area contributed by atoms with Crippen LogP contribution in [0.25, 0.3) is 6.08 Å². The van der Waals surface area contributed by atoms with Gasteiger partial charge in [0, 0.05) is 16.6 Å². The zero-order valence-corrected chi connectivity index (χ0v) is 13.1. The van der Waals surface area contributed by atoms with Crippen molar-refractivity contribution in [2.75, 3.05) is 13.7 Å². The summed E-state index contributed by atoms with van der Waals surface area (Å²) < 4.78 is 5.85. The molecule has 0 aliphatic carbocycles. The molecular formula is C18H20ClNO. The Bertz CT molecular complexity index is 595. The lowest BCUT2D eigenvalue weighted by Gasteiger charge is -2.16. The second-order valence-corrected chi connectivity index (χ2v) is 5.25. The SMILES string of the molecule is CNC(C)c1cc(Cl)ccc1OCC=Cc1ccccc1. The van der Waals surface area contributed by atoms with Crippen molar-refractivity contribution in [2.24, 2.45) is 0 Å². The van der Waals surface area contributed by atoms with Crippen molar-refractivity contribution in [2.45, 2.75) is 13.0 Å². The van der Waals surface area contributed by atoms with Gasteiger partial charge in [-0.05, 0) is 43.8 Å². The smallest absolute Gasteiger partial charge is 0.124 e. The maximum atomic E-state index is 6.06. The topological polar surface area (TPSA) is 21.3 Å². The Morgan fingerprint density at radius 3 is 2.67 bits per heavy atom. The van der Waals surface area contributed by atoms with Crippen LogP contribution >= 0.6 is 11.6 Å². The van der Waals surface area contributed by atoms with E-state index < -0.39 is 0 Å². The molecule has 0 saturated carbocycles. The third kappa shape index (κ3) is 4.62. The van der Waals surface area contributed by atoms with Gasteiger partial charge in [-0.2, -0.15) is 0 Å². The summed E-state index contributed by atoms with van der Waals surface area (Å²) >= 11 is 6.06. The second-order valence-electron chi connectivity index (χ2n) is 4.82. The highest BCUT2D eigenvalue weighted by atomic mass is 35.5. The van der Waals surface area contributed by atoms with Crippen molar-refractivity contribution in [1.82, 2.24) is 5.32 Å². The summed E-state index contributed by atoms with van der Waals surface area (Å²) in [5, 5.41) is 3.93. The number of hydrogen-bond donors (Lipinski definition) is 1. The molecule has 0 spiro atoms. The average Bonchev–Trinajstić information content (AvgIpc) is 2.53. The summed E-state index contributed by atoms with van der Waals surface area (Å²) in [7, 11) is 1.92. The Hall–Kier alpha value is -1.77. The highest BCUT2D eigenvalue weighted by Gasteiger charge is 2.10. The van der Waals surface area contributed by atoms with Gasteiger partial charge in [0.05, 0.1) is 0 Å². The summed E-state index contributed by atoms with van der Waals surface area (Å²) in [5.74, 6) is 0.860. The molecule has 0 saturated heterocycles. The van der Waals surface area contributed by atoms with Crippen LogP contribution in [0.2, 0.25) is 5.02 Å². The first-order valence-electron chi connectivity index (χ1n) is 7.02. The third-order valence-electron chi connectivity index (χ3n) is 3.32. The molecule has 0 radical (unpaired) electrons. The van der Waals surface area contributed by atoms with Gasteiger partial charge in [0.15, 0.2) is 0 Å². The predicted molar refractivity (Wildman–Crippen MR) is 89.9 cm³/mol. The van der Waals surface area contributed by atoms with E-state index >= 15 is 0 Å². The van der Waals surface area contributed by atoms with Crippen LogP contribution in [0.3, 0.4) is 0 Å². The third-order valence-corrected chi connectivity index (χ3v) is 3.55. The van der Waals surface area contributed by atoms with Crippen LogP contribution in [0.5, 0.6) is 5.75 Å². The number of benzene rings is 2. The van der Waals surface area contributed by atoms with E-state index in [9.17, 15) is 0 Å². The molecule has 2 nitrogen and oxygen atoms in total. The first kappa shape index (κ1) is 15.6. The van der Waals surface area contributed by atoms with Gasteiger partial charge in [-0.15, -0.1) is 0 Å². The van der Waals surface area contributed by atoms with E-state index in [0.717, 1.165) is 16.3 Å². The molecule has 0 amide bonds. The van der Waals surface area contributed by atoms with Crippen molar-refractivity contribution in [3.63, 3.8) is 0 Å². The molecule has 1 unspecified atom stereocenters. The van der Waals surface area contributed by atoms with E-state index in [1.54, 1.807) is 0 Å². The van der Waals surface area contributed by atoms with Crippen LogP contribution in [0.1, 0.15) is 24.1 Å². The largest absolute Gasteiger partial charge is 0.489 e. The van der Waals surface area contributed by atoms with E-state index in [-0.39, 0.29) is 6.04 Å². The minimum absolute atomic E-state index is 0.191. The number of hydrogen-bond acceptors (Lipinski definition) is 2. The van der Waals surface area contributed by atoms with E-state index in [2.05, 4.69) is 30.4 Å². The van der Waals surface area contributed by atoms with E-state index in [1.807, 2.05) is 49.5 Å². The van der Waals surface area contributed by atoms with Gasteiger partial charge in [0.1, 0.15) is 12.4 Å². The average molecular weight is 302 g/mol. The molecule has 2 aromatic rings. The second kappa shape index (κ2) is 7.87. The highest BCUT2D eigenvalue weighted by Crippen LogP contribution is 2.28. The fourth-order valence-electron chi connectivity index (χ4n) is 2.03. The monoisotopic (exact) mass is 301 g/mol. The summed E-state index contributed by atoms with van der Waals surface area (Å²) in [5.41, 5.74) is 2.24. The predicted octanol–water partition coefficient (Wildman–Crippen LogP) is 4.71. The van der Waals surface area contributed by atoms with Gasteiger partial charge < -0.3 is 10.1 Å². The molecule has 2 aromatic carbocycles. The molecule has 1 N–H and O–H groups in total. The summed E-state index contributed by atoms with van der Waals surface area (Å²) in [6.45, 7) is 2.61. The van der Waals surface area contributed by atoms with E-state index in [0.29, 0.717) is 6.61 Å². The molecule has 0 bridgehead atoms. The van der Waals surface area contributed by atoms with Gasteiger partial charge in [0.25, 0.3) is 0 Å². The van der Waals surface area contributed by atoms with Crippen molar-refractivity contribution < 1.29 is 4.74 Å². The van der Waals surface area contributed by atoms with Gasteiger partial charge in [-0.25, -0.2) is 0 Å². The molecule has 3 heteroatoms. The number of halogens is 1. The van der Waals surface area contributed by atoms with Gasteiger partial charge >= 0.3 is 0 Å². The standard InChI is InChI=1S/C18H20ClNO/c1-14(20-2)17-13-16(19)10-11-18(17)21-12-6-9-15-7-4-3-5-8-15/h3-11,13-14,20H,12H2,1-2H3. The minimum atomic E-state index is 0.191.